The predicted molar refractivity (Wildman–Crippen MR) is 95.2 cm³/mol. The van der Waals surface area contributed by atoms with Crippen molar-refractivity contribution in [3.63, 3.8) is 0 Å². The number of amides is 1. The number of piperidine rings is 1. The van der Waals surface area contributed by atoms with Gasteiger partial charge in [-0.2, -0.15) is 0 Å². The zero-order valence-corrected chi connectivity index (χ0v) is 15.9. The summed E-state index contributed by atoms with van der Waals surface area (Å²) >= 11 is 0. The van der Waals surface area contributed by atoms with Gasteiger partial charge in [0.25, 0.3) is 0 Å². The van der Waals surface area contributed by atoms with Crippen LogP contribution in [0, 0.1) is 5.92 Å². The van der Waals surface area contributed by atoms with Crippen molar-refractivity contribution in [1.82, 2.24) is 9.62 Å². The zero-order valence-electron chi connectivity index (χ0n) is 15.1. The second-order valence-corrected chi connectivity index (χ2v) is 8.28. The third-order valence-corrected chi connectivity index (χ3v) is 5.76. The molecule has 1 aliphatic heterocycles. The van der Waals surface area contributed by atoms with Crippen molar-refractivity contribution >= 4 is 15.9 Å². The fraction of sp³-hybridized carbons (Fsp3) is 0.588. The molecule has 0 aromatic heterocycles. The van der Waals surface area contributed by atoms with E-state index in [4.69, 9.17) is 9.47 Å². The van der Waals surface area contributed by atoms with E-state index in [1.54, 1.807) is 26.4 Å². The van der Waals surface area contributed by atoms with Gasteiger partial charge in [0.15, 0.2) is 0 Å². The van der Waals surface area contributed by atoms with E-state index in [0.717, 1.165) is 5.56 Å². The summed E-state index contributed by atoms with van der Waals surface area (Å²) in [5.74, 6) is 0.848. The number of benzene rings is 1. The zero-order chi connectivity index (χ0) is 18.6. The van der Waals surface area contributed by atoms with Gasteiger partial charge in [-0.15, -0.1) is 0 Å². The maximum Gasteiger partial charge on any atom is 0.224 e. The van der Waals surface area contributed by atoms with Crippen molar-refractivity contribution in [2.45, 2.75) is 25.8 Å². The molecule has 25 heavy (non-hydrogen) atoms. The van der Waals surface area contributed by atoms with E-state index in [9.17, 15) is 13.2 Å². The topological polar surface area (TPSA) is 84.9 Å². The Labute approximate surface area is 149 Å². The lowest BCUT2D eigenvalue weighted by Crippen LogP contribution is -2.45. The molecule has 8 heteroatoms. The third-order valence-electron chi connectivity index (χ3n) is 4.49. The van der Waals surface area contributed by atoms with Crippen LogP contribution >= 0.6 is 0 Å². The third kappa shape index (κ3) is 4.85. The first-order valence-corrected chi connectivity index (χ1v) is 10.1. The lowest BCUT2D eigenvalue weighted by molar-refractivity contribution is -0.126. The minimum atomic E-state index is -3.28. The van der Waals surface area contributed by atoms with Gasteiger partial charge in [0, 0.05) is 18.7 Å². The van der Waals surface area contributed by atoms with Crippen LogP contribution in [0.2, 0.25) is 0 Å². The first-order valence-electron chi connectivity index (χ1n) is 8.23. The molecule has 1 amide bonds. The van der Waals surface area contributed by atoms with Gasteiger partial charge in [-0.1, -0.05) is 0 Å². The van der Waals surface area contributed by atoms with Crippen molar-refractivity contribution in [1.29, 1.82) is 0 Å². The lowest BCUT2D eigenvalue weighted by atomic mass is 9.97. The molecule has 0 aliphatic carbocycles. The Balaban J connectivity index is 2.09. The van der Waals surface area contributed by atoms with Crippen molar-refractivity contribution in [2.75, 3.05) is 33.6 Å². The summed E-state index contributed by atoms with van der Waals surface area (Å²) in [4.78, 5) is 12.6. The molecular formula is C17H26N2O5S. The molecule has 0 unspecified atom stereocenters. The largest absolute Gasteiger partial charge is 0.497 e. The normalized spacial score (nSPS) is 19.9. The van der Waals surface area contributed by atoms with Gasteiger partial charge in [0.2, 0.25) is 15.9 Å². The molecule has 1 saturated heterocycles. The van der Waals surface area contributed by atoms with E-state index < -0.39 is 10.0 Å². The second-order valence-electron chi connectivity index (χ2n) is 6.30. The highest BCUT2D eigenvalue weighted by Gasteiger charge is 2.31. The Morgan fingerprint density at radius 2 is 2.04 bits per heavy atom. The molecular weight excluding hydrogens is 344 g/mol. The highest BCUT2D eigenvalue weighted by atomic mass is 32.2. The average molecular weight is 370 g/mol. The number of nitrogens with zero attached hydrogens (tertiary/aromatic N) is 1. The maximum absolute atomic E-state index is 12.6. The van der Waals surface area contributed by atoms with Crippen molar-refractivity contribution < 1.29 is 22.7 Å². The van der Waals surface area contributed by atoms with E-state index in [0.29, 0.717) is 30.9 Å². The van der Waals surface area contributed by atoms with E-state index in [2.05, 4.69) is 5.32 Å². The van der Waals surface area contributed by atoms with E-state index in [1.165, 1.54) is 10.6 Å². The molecule has 1 heterocycles. The summed E-state index contributed by atoms with van der Waals surface area (Å²) in [5.41, 5.74) is 0.811. The fourth-order valence-electron chi connectivity index (χ4n) is 3.04. The van der Waals surface area contributed by atoms with Crippen LogP contribution < -0.4 is 14.8 Å². The Hall–Kier alpha value is -1.80. The van der Waals surface area contributed by atoms with Gasteiger partial charge < -0.3 is 14.8 Å². The van der Waals surface area contributed by atoms with Crippen LogP contribution in [0.25, 0.3) is 0 Å². The Morgan fingerprint density at radius 1 is 1.32 bits per heavy atom. The quantitative estimate of drug-likeness (QED) is 0.821. The number of nitrogens with one attached hydrogen (secondary N) is 1. The van der Waals surface area contributed by atoms with Crippen LogP contribution in [-0.4, -0.2) is 52.2 Å². The first kappa shape index (κ1) is 19.5. The molecule has 1 aromatic carbocycles. The monoisotopic (exact) mass is 370 g/mol. The highest BCUT2D eigenvalue weighted by Crippen LogP contribution is 2.30. The molecule has 0 spiro atoms. The predicted octanol–water partition coefficient (Wildman–Crippen LogP) is 1.55. The van der Waals surface area contributed by atoms with Gasteiger partial charge in [-0.05, 0) is 38.0 Å². The molecule has 1 aliphatic rings. The second kappa shape index (κ2) is 8.05. The standard InChI is InChI=1S/C17H26N2O5S/c1-12(15-10-14(23-2)7-8-16(15)24-3)18-17(20)13-6-5-9-19(11-13)25(4,21)22/h7-8,10,12-13H,5-6,9,11H2,1-4H3,(H,18,20)/t12-,13+/m1/s1. The maximum atomic E-state index is 12.6. The first-order chi connectivity index (χ1) is 11.8. The van der Waals surface area contributed by atoms with Gasteiger partial charge in [0.1, 0.15) is 11.5 Å². The fourth-order valence-corrected chi connectivity index (χ4v) is 3.96. The van der Waals surface area contributed by atoms with E-state index >= 15 is 0 Å². The van der Waals surface area contributed by atoms with Crippen molar-refractivity contribution in [3.05, 3.63) is 23.8 Å². The van der Waals surface area contributed by atoms with Gasteiger partial charge in [-0.3, -0.25) is 4.79 Å². The number of rotatable bonds is 6. The summed E-state index contributed by atoms with van der Waals surface area (Å²) < 4.78 is 35.4. The summed E-state index contributed by atoms with van der Waals surface area (Å²) in [7, 11) is -0.121. The van der Waals surface area contributed by atoms with Crippen LogP contribution in [0.1, 0.15) is 31.4 Å². The number of methoxy groups -OCH3 is 2. The summed E-state index contributed by atoms with van der Waals surface area (Å²) in [6.07, 6.45) is 2.54. The molecule has 1 aromatic rings. The number of ether oxygens (including phenoxy) is 2. The molecule has 140 valence electrons. The van der Waals surface area contributed by atoms with Crippen LogP contribution in [-0.2, 0) is 14.8 Å². The van der Waals surface area contributed by atoms with Crippen LogP contribution in [0.4, 0.5) is 0 Å². The number of carbonyl (C=O) groups excluding carboxylic acids is 1. The smallest absolute Gasteiger partial charge is 0.224 e. The summed E-state index contributed by atoms with van der Waals surface area (Å²) in [5, 5.41) is 2.97. The molecule has 7 nitrogen and oxygen atoms in total. The Morgan fingerprint density at radius 3 is 2.64 bits per heavy atom. The number of hydrogen-bond acceptors (Lipinski definition) is 5. The van der Waals surface area contributed by atoms with Crippen molar-refractivity contribution in [2.24, 2.45) is 5.92 Å². The molecule has 1 N–H and O–H groups in total. The molecule has 0 saturated carbocycles. The molecule has 2 atom stereocenters. The van der Waals surface area contributed by atoms with E-state index in [-0.39, 0.29) is 24.4 Å². The van der Waals surface area contributed by atoms with E-state index in [1.807, 2.05) is 13.0 Å². The minimum Gasteiger partial charge on any atom is -0.497 e. The highest BCUT2D eigenvalue weighted by molar-refractivity contribution is 7.88. The molecule has 1 fully saturated rings. The number of hydrogen-bond donors (Lipinski definition) is 1. The Bertz CT molecular complexity index is 720. The molecule has 0 bridgehead atoms. The Kier molecular flexibility index (Phi) is 6.29. The van der Waals surface area contributed by atoms with Crippen molar-refractivity contribution in [3.8, 4) is 11.5 Å². The number of sulfonamides is 1. The van der Waals surface area contributed by atoms with Gasteiger partial charge >= 0.3 is 0 Å². The van der Waals surface area contributed by atoms with Crippen LogP contribution in [0.15, 0.2) is 18.2 Å². The summed E-state index contributed by atoms with van der Waals surface area (Å²) in [6, 6.07) is 5.13. The van der Waals surface area contributed by atoms with Crippen LogP contribution in [0.5, 0.6) is 11.5 Å². The number of carbonyl (C=O) groups is 1. The molecule has 0 radical (unpaired) electrons. The van der Waals surface area contributed by atoms with Gasteiger partial charge in [0.05, 0.1) is 32.4 Å². The molecule has 2 rings (SSSR count). The van der Waals surface area contributed by atoms with Crippen LogP contribution in [0.3, 0.4) is 0 Å². The lowest BCUT2D eigenvalue weighted by Gasteiger charge is -2.31. The van der Waals surface area contributed by atoms with Gasteiger partial charge in [-0.25, -0.2) is 12.7 Å². The minimum absolute atomic E-state index is 0.147. The summed E-state index contributed by atoms with van der Waals surface area (Å²) in [6.45, 7) is 2.57. The SMILES string of the molecule is COc1ccc(OC)c([C@@H](C)NC(=O)[C@H]2CCCN(S(C)(=O)=O)C2)c1. The average Bonchev–Trinajstić information content (AvgIpc) is 2.60.